The number of hydrogen-bond acceptors (Lipinski definition) is 4. The fourth-order valence-corrected chi connectivity index (χ4v) is 2.88. The van der Waals surface area contributed by atoms with E-state index in [4.69, 9.17) is 4.74 Å². The summed E-state index contributed by atoms with van der Waals surface area (Å²) in [4.78, 5) is 11.7. The lowest BCUT2D eigenvalue weighted by Gasteiger charge is -2.14. The second-order valence-corrected chi connectivity index (χ2v) is 6.14. The summed E-state index contributed by atoms with van der Waals surface area (Å²) in [6, 6.07) is 12.5. The van der Waals surface area contributed by atoms with Gasteiger partial charge in [-0.05, 0) is 45.2 Å². The molecule has 0 atom stereocenters. The predicted octanol–water partition coefficient (Wildman–Crippen LogP) is 4.10. The van der Waals surface area contributed by atoms with Crippen LogP contribution < -0.4 is 5.32 Å². The number of hydrogen-bond donors (Lipinski definition) is 1. The molecule has 1 aromatic carbocycles. The first-order chi connectivity index (χ1) is 12.5. The highest BCUT2D eigenvalue weighted by Crippen LogP contribution is 2.27. The van der Waals surface area contributed by atoms with E-state index < -0.39 is 5.97 Å². The molecule has 5 heteroatoms. The summed E-state index contributed by atoms with van der Waals surface area (Å²) < 4.78 is 7.04. The van der Waals surface area contributed by atoms with Crippen molar-refractivity contribution < 1.29 is 9.53 Å². The number of esters is 1. The lowest BCUT2D eigenvalue weighted by Crippen LogP contribution is -2.11. The van der Waals surface area contributed by atoms with E-state index in [0.717, 1.165) is 30.0 Å². The zero-order chi connectivity index (χ0) is 19.1. The van der Waals surface area contributed by atoms with E-state index in [1.54, 1.807) is 13.8 Å². The van der Waals surface area contributed by atoms with Crippen LogP contribution in [0.5, 0.6) is 0 Å². The van der Waals surface area contributed by atoms with E-state index in [1.807, 2.05) is 32.0 Å². The van der Waals surface area contributed by atoms with E-state index in [1.165, 1.54) is 11.6 Å². The molecule has 0 saturated heterocycles. The summed E-state index contributed by atoms with van der Waals surface area (Å²) in [5, 5.41) is 12.8. The van der Waals surface area contributed by atoms with Crippen molar-refractivity contribution in [3.05, 3.63) is 64.5 Å². The number of allylic oxidation sites excluding steroid dienone is 1. The first kappa shape index (κ1) is 19.3. The minimum atomic E-state index is -0.396. The van der Waals surface area contributed by atoms with Crippen LogP contribution in [0.1, 0.15) is 36.2 Å². The fraction of sp³-hybridized carbons (Fsp3) is 0.333. The molecule has 0 aliphatic heterocycles. The van der Waals surface area contributed by atoms with Gasteiger partial charge in [-0.3, -0.25) is 0 Å². The quantitative estimate of drug-likeness (QED) is 0.602. The number of benzene rings is 1. The highest BCUT2D eigenvalue weighted by atomic mass is 16.5. The van der Waals surface area contributed by atoms with Crippen molar-refractivity contribution in [3.63, 3.8) is 0 Å². The monoisotopic (exact) mass is 351 g/mol. The molecule has 0 amide bonds. The van der Waals surface area contributed by atoms with Crippen molar-refractivity contribution in [2.45, 2.75) is 40.7 Å². The van der Waals surface area contributed by atoms with Crippen molar-refractivity contribution in [2.75, 3.05) is 11.9 Å². The van der Waals surface area contributed by atoms with Gasteiger partial charge in [0, 0.05) is 24.0 Å². The lowest BCUT2D eigenvalue weighted by molar-refractivity contribution is -0.137. The third-order valence-corrected chi connectivity index (χ3v) is 4.34. The fourth-order valence-electron chi connectivity index (χ4n) is 2.88. The Morgan fingerprint density at radius 1 is 1.31 bits per heavy atom. The summed E-state index contributed by atoms with van der Waals surface area (Å²) in [5.74, 6) is 0.323. The Hall–Kier alpha value is -3.00. The van der Waals surface area contributed by atoms with Gasteiger partial charge in [-0.2, -0.15) is 5.26 Å². The number of ether oxygens (including phenoxy) is 1. The predicted molar refractivity (Wildman–Crippen MR) is 103 cm³/mol. The Balaban J connectivity index is 2.30. The van der Waals surface area contributed by atoms with Gasteiger partial charge in [-0.25, -0.2) is 4.79 Å². The molecule has 0 saturated carbocycles. The van der Waals surface area contributed by atoms with Crippen molar-refractivity contribution in [1.82, 2.24) is 4.57 Å². The van der Waals surface area contributed by atoms with Gasteiger partial charge in [0.2, 0.25) is 0 Å². The van der Waals surface area contributed by atoms with Gasteiger partial charge in [0.1, 0.15) is 11.9 Å². The van der Waals surface area contributed by atoms with Gasteiger partial charge in [0.05, 0.1) is 12.2 Å². The SMILES string of the molecule is CCOC(=O)/C=C(\C)Nc1c(C#N)c(C)c(C)n1CCc1ccccc1. The molecule has 0 spiro atoms. The number of rotatable bonds is 7. The van der Waals surface area contributed by atoms with E-state index in [9.17, 15) is 10.1 Å². The zero-order valence-electron chi connectivity index (χ0n) is 15.8. The molecular weight excluding hydrogens is 326 g/mol. The lowest BCUT2D eigenvalue weighted by atomic mass is 10.1. The van der Waals surface area contributed by atoms with Gasteiger partial charge in [-0.15, -0.1) is 0 Å². The molecule has 1 heterocycles. The smallest absolute Gasteiger partial charge is 0.332 e. The van der Waals surface area contributed by atoms with Crippen molar-refractivity contribution in [2.24, 2.45) is 0 Å². The molecule has 0 aliphatic carbocycles. The second kappa shape index (κ2) is 8.91. The maximum Gasteiger partial charge on any atom is 0.332 e. The van der Waals surface area contributed by atoms with Crippen LogP contribution in [-0.2, 0) is 22.5 Å². The molecule has 1 N–H and O–H groups in total. The van der Waals surface area contributed by atoms with E-state index in [-0.39, 0.29) is 0 Å². The standard InChI is InChI=1S/C21H25N3O2/c1-5-26-20(25)13-15(2)23-21-19(14-22)16(3)17(4)24(21)12-11-18-9-7-6-8-10-18/h6-10,13,23H,5,11-12H2,1-4H3/b15-13+. The van der Waals surface area contributed by atoms with Gasteiger partial charge >= 0.3 is 5.97 Å². The van der Waals surface area contributed by atoms with Gasteiger partial charge in [-0.1, -0.05) is 30.3 Å². The Bertz CT molecular complexity index is 842. The van der Waals surface area contributed by atoms with Gasteiger partial charge in [0.15, 0.2) is 0 Å². The van der Waals surface area contributed by atoms with Crippen LogP contribution in [0.15, 0.2) is 42.1 Å². The molecule has 0 unspecified atom stereocenters. The number of aromatic nitrogens is 1. The number of aryl methyl sites for hydroxylation is 1. The minimum absolute atomic E-state index is 0.331. The molecule has 5 nitrogen and oxygen atoms in total. The maximum absolute atomic E-state index is 11.7. The first-order valence-electron chi connectivity index (χ1n) is 8.73. The van der Waals surface area contributed by atoms with Crippen LogP contribution in [0, 0.1) is 25.2 Å². The average molecular weight is 351 g/mol. The molecule has 0 aliphatic rings. The minimum Gasteiger partial charge on any atom is -0.463 e. The average Bonchev–Trinajstić information content (AvgIpc) is 2.84. The Morgan fingerprint density at radius 2 is 2.00 bits per heavy atom. The van der Waals surface area contributed by atoms with Crippen LogP contribution in [-0.4, -0.2) is 17.1 Å². The highest BCUT2D eigenvalue weighted by Gasteiger charge is 2.18. The maximum atomic E-state index is 11.7. The molecule has 0 fully saturated rings. The van der Waals surface area contributed by atoms with Gasteiger partial charge < -0.3 is 14.6 Å². The van der Waals surface area contributed by atoms with Gasteiger partial charge in [0.25, 0.3) is 0 Å². The third kappa shape index (κ3) is 4.54. The topological polar surface area (TPSA) is 67.0 Å². The van der Waals surface area contributed by atoms with Crippen LogP contribution in [0.2, 0.25) is 0 Å². The highest BCUT2D eigenvalue weighted by molar-refractivity contribution is 5.83. The Morgan fingerprint density at radius 3 is 2.62 bits per heavy atom. The Kier molecular flexibility index (Phi) is 6.62. The van der Waals surface area contributed by atoms with Crippen molar-refractivity contribution >= 4 is 11.8 Å². The summed E-state index contributed by atoms with van der Waals surface area (Å²) in [6.07, 6.45) is 2.26. The zero-order valence-corrected chi connectivity index (χ0v) is 15.8. The van der Waals surface area contributed by atoms with Crippen LogP contribution in [0.4, 0.5) is 5.82 Å². The summed E-state index contributed by atoms with van der Waals surface area (Å²) in [5.41, 5.74) is 4.47. The number of carbonyl (C=O) groups is 1. The van der Waals surface area contributed by atoms with E-state index >= 15 is 0 Å². The summed E-state index contributed by atoms with van der Waals surface area (Å²) in [7, 11) is 0. The molecule has 26 heavy (non-hydrogen) atoms. The Labute approximate surface area is 154 Å². The molecule has 0 radical (unpaired) electrons. The number of nitrogens with one attached hydrogen (secondary N) is 1. The second-order valence-electron chi connectivity index (χ2n) is 6.14. The molecule has 136 valence electrons. The van der Waals surface area contributed by atoms with Crippen LogP contribution >= 0.6 is 0 Å². The molecular formula is C21H25N3O2. The van der Waals surface area contributed by atoms with E-state index in [0.29, 0.717) is 17.9 Å². The number of nitriles is 1. The van der Waals surface area contributed by atoms with Crippen molar-refractivity contribution in [3.8, 4) is 6.07 Å². The normalized spacial score (nSPS) is 11.1. The summed E-state index contributed by atoms with van der Waals surface area (Å²) in [6.45, 7) is 8.59. The summed E-state index contributed by atoms with van der Waals surface area (Å²) >= 11 is 0. The molecule has 2 aromatic rings. The van der Waals surface area contributed by atoms with Crippen LogP contribution in [0.3, 0.4) is 0 Å². The number of nitrogens with zero attached hydrogens (tertiary/aromatic N) is 2. The van der Waals surface area contributed by atoms with Crippen molar-refractivity contribution in [1.29, 1.82) is 5.26 Å². The first-order valence-corrected chi connectivity index (χ1v) is 8.73. The molecule has 0 bridgehead atoms. The largest absolute Gasteiger partial charge is 0.463 e. The number of carbonyl (C=O) groups excluding carboxylic acids is 1. The molecule has 2 rings (SSSR count). The third-order valence-electron chi connectivity index (χ3n) is 4.34. The van der Waals surface area contributed by atoms with E-state index in [2.05, 4.69) is 28.1 Å². The number of anilines is 1. The molecule has 1 aromatic heterocycles. The van der Waals surface area contributed by atoms with Crippen LogP contribution in [0.25, 0.3) is 0 Å².